The van der Waals surface area contributed by atoms with Gasteiger partial charge in [-0.25, -0.2) is 9.37 Å². The van der Waals surface area contributed by atoms with Gasteiger partial charge in [-0.3, -0.25) is 0 Å². The highest BCUT2D eigenvalue weighted by Crippen LogP contribution is 2.08. The molecule has 0 atom stereocenters. The van der Waals surface area contributed by atoms with Crippen molar-refractivity contribution in [1.82, 2.24) is 9.97 Å². The minimum Gasteiger partial charge on any atom is -0.478 e. The number of benzene rings is 1. The Morgan fingerprint density at radius 3 is 2.74 bits per heavy atom. The number of aromatic nitrogens is 2. The quantitative estimate of drug-likeness (QED) is 0.868. The van der Waals surface area contributed by atoms with Gasteiger partial charge in [0, 0.05) is 18.8 Å². The third-order valence-electron chi connectivity index (χ3n) is 2.53. The number of anilines is 1. The van der Waals surface area contributed by atoms with E-state index in [1.54, 1.807) is 24.4 Å². The van der Waals surface area contributed by atoms with Crippen molar-refractivity contribution in [2.45, 2.75) is 13.3 Å². The van der Waals surface area contributed by atoms with Gasteiger partial charge in [0.1, 0.15) is 5.82 Å². The summed E-state index contributed by atoms with van der Waals surface area (Å²) in [5.74, 6) is 0.874. The van der Waals surface area contributed by atoms with Crippen LogP contribution in [0.2, 0.25) is 0 Å². The summed E-state index contributed by atoms with van der Waals surface area (Å²) in [6.45, 7) is 3.16. The van der Waals surface area contributed by atoms with Crippen LogP contribution in [0.4, 0.5) is 10.3 Å². The molecular weight excluding hydrogens is 245 g/mol. The molecule has 19 heavy (non-hydrogen) atoms. The molecule has 2 aromatic rings. The van der Waals surface area contributed by atoms with Gasteiger partial charge in [0.05, 0.1) is 6.61 Å². The van der Waals surface area contributed by atoms with E-state index in [9.17, 15) is 4.39 Å². The normalized spacial score (nSPS) is 10.2. The van der Waals surface area contributed by atoms with Crippen LogP contribution in [0.25, 0.3) is 0 Å². The number of hydrogen-bond donors (Lipinski definition) is 1. The first-order valence-electron chi connectivity index (χ1n) is 6.22. The van der Waals surface area contributed by atoms with Crippen LogP contribution in [-0.4, -0.2) is 23.1 Å². The first-order chi connectivity index (χ1) is 9.28. The summed E-state index contributed by atoms with van der Waals surface area (Å²) in [5, 5.41) is 3.11. The monoisotopic (exact) mass is 261 g/mol. The van der Waals surface area contributed by atoms with Crippen LogP contribution < -0.4 is 10.1 Å². The number of hydrogen-bond acceptors (Lipinski definition) is 4. The molecule has 0 saturated heterocycles. The lowest BCUT2D eigenvalue weighted by Crippen LogP contribution is -2.08. The molecule has 2 rings (SSSR count). The molecule has 4 nitrogen and oxygen atoms in total. The van der Waals surface area contributed by atoms with Gasteiger partial charge in [-0.2, -0.15) is 4.98 Å². The van der Waals surface area contributed by atoms with Gasteiger partial charge in [0.15, 0.2) is 0 Å². The van der Waals surface area contributed by atoms with Crippen molar-refractivity contribution < 1.29 is 9.13 Å². The molecule has 1 heterocycles. The van der Waals surface area contributed by atoms with E-state index < -0.39 is 0 Å². The Hall–Kier alpha value is -2.17. The maximum atomic E-state index is 12.7. The molecule has 0 radical (unpaired) electrons. The second-order valence-electron chi connectivity index (χ2n) is 3.95. The highest BCUT2D eigenvalue weighted by atomic mass is 19.1. The lowest BCUT2D eigenvalue weighted by Gasteiger charge is -2.06. The zero-order valence-electron chi connectivity index (χ0n) is 10.8. The molecule has 100 valence electrons. The van der Waals surface area contributed by atoms with E-state index in [4.69, 9.17) is 4.74 Å². The molecule has 0 aliphatic carbocycles. The van der Waals surface area contributed by atoms with Gasteiger partial charge >= 0.3 is 0 Å². The standard InChI is InChI=1S/C14H16FN3O/c1-2-19-13-8-10-17-14(18-13)16-9-7-11-3-5-12(15)6-4-11/h3-6,8,10H,2,7,9H2,1H3,(H,16,17,18). The Morgan fingerprint density at radius 1 is 1.21 bits per heavy atom. The van der Waals surface area contributed by atoms with E-state index in [-0.39, 0.29) is 5.82 Å². The van der Waals surface area contributed by atoms with E-state index in [0.717, 1.165) is 12.0 Å². The molecule has 0 saturated carbocycles. The van der Waals surface area contributed by atoms with Crippen LogP contribution in [0.1, 0.15) is 12.5 Å². The smallest absolute Gasteiger partial charge is 0.225 e. The first kappa shape index (κ1) is 13.3. The van der Waals surface area contributed by atoms with Crippen LogP contribution in [0.3, 0.4) is 0 Å². The molecule has 0 fully saturated rings. The van der Waals surface area contributed by atoms with Crippen LogP contribution in [0, 0.1) is 5.82 Å². The van der Waals surface area contributed by atoms with Crippen molar-refractivity contribution in [2.24, 2.45) is 0 Å². The Kier molecular flexibility index (Phi) is 4.66. The molecule has 1 aromatic carbocycles. The maximum Gasteiger partial charge on any atom is 0.225 e. The van der Waals surface area contributed by atoms with E-state index in [2.05, 4.69) is 15.3 Å². The summed E-state index contributed by atoms with van der Waals surface area (Å²) in [5.41, 5.74) is 1.06. The second-order valence-corrected chi connectivity index (χ2v) is 3.95. The average Bonchev–Trinajstić information content (AvgIpc) is 2.42. The molecule has 1 N–H and O–H groups in total. The summed E-state index contributed by atoms with van der Waals surface area (Å²) in [4.78, 5) is 8.31. The van der Waals surface area contributed by atoms with Gasteiger partial charge in [0.25, 0.3) is 0 Å². The Balaban J connectivity index is 1.85. The van der Waals surface area contributed by atoms with Crippen molar-refractivity contribution in [3.8, 4) is 5.88 Å². The Morgan fingerprint density at radius 2 is 2.00 bits per heavy atom. The molecule has 0 spiro atoms. The fourth-order valence-corrected chi connectivity index (χ4v) is 1.63. The third kappa shape index (κ3) is 4.21. The van der Waals surface area contributed by atoms with Crippen molar-refractivity contribution in [1.29, 1.82) is 0 Å². The summed E-state index contributed by atoms with van der Waals surface area (Å²) >= 11 is 0. The van der Waals surface area contributed by atoms with Crippen molar-refractivity contribution >= 4 is 5.95 Å². The molecule has 0 amide bonds. The Labute approximate surface area is 111 Å². The van der Waals surface area contributed by atoms with Gasteiger partial charge in [0.2, 0.25) is 11.8 Å². The van der Waals surface area contributed by atoms with Crippen molar-refractivity contribution in [3.63, 3.8) is 0 Å². The topological polar surface area (TPSA) is 47.0 Å². The number of ether oxygens (including phenoxy) is 1. The fourth-order valence-electron chi connectivity index (χ4n) is 1.63. The second kappa shape index (κ2) is 6.68. The predicted octanol–water partition coefficient (Wildman–Crippen LogP) is 2.67. The Bertz CT molecular complexity index is 516. The molecule has 0 aliphatic heterocycles. The van der Waals surface area contributed by atoms with Gasteiger partial charge in [-0.15, -0.1) is 0 Å². The molecule has 0 aliphatic rings. The summed E-state index contributed by atoms with van der Waals surface area (Å²) < 4.78 is 18.0. The largest absolute Gasteiger partial charge is 0.478 e. The third-order valence-corrected chi connectivity index (χ3v) is 2.53. The van der Waals surface area contributed by atoms with E-state index >= 15 is 0 Å². The predicted molar refractivity (Wildman–Crippen MR) is 71.8 cm³/mol. The summed E-state index contributed by atoms with van der Waals surface area (Å²) in [6, 6.07) is 8.18. The van der Waals surface area contributed by atoms with Gasteiger partial charge in [-0.1, -0.05) is 12.1 Å². The fraction of sp³-hybridized carbons (Fsp3) is 0.286. The number of nitrogens with one attached hydrogen (secondary N) is 1. The van der Waals surface area contributed by atoms with E-state index in [1.807, 2.05) is 6.92 Å². The van der Waals surface area contributed by atoms with Gasteiger partial charge < -0.3 is 10.1 Å². The van der Waals surface area contributed by atoms with Crippen LogP contribution >= 0.6 is 0 Å². The first-order valence-corrected chi connectivity index (χ1v) is 6.22. The molecular formula is C14H16FN3O. The van der Waals surface area contributed by atoms with Crippen molar-refractivity contribution in [3.05, 3.63) is 47.9 Å². The van der Waals surface area contributed by atoms with Crippen LogP contribution in [-0.2, 0) is 6.42 Å². The van der Waals surface area contributed by atoms with Gasteiger partial charge in [-0.05, 0) is 31.0 Å². The zero-order chi connectivity index (χ0) is 13.5. The minimum absolute atomic E-state index is 0.218. The minimum atomic E-state index is -0.218. The number of halogens is 1. The highest BCUT2D eigenvalue weighted by molar-refractivity contribution is 5.28. The SMILES string of the molecule is CCOc1ccnc(NCCc2ccc(F)cc2)n1. The van der Waals surface area contributed by atoms with Crippen molar-refractivity contribution in [2.75, 3.05) is 18.5 Å². The van der Waals surface area contributed by atoms with Crippen LogP contribution in [0.5, 0.6) is 5.88 Å². The lowest BCUT2D eigenvalue weighted by molar-refractivity contribution is 0.326. The average molecular weight is 261 g/mol. The van der Waals surface area contributed by atoms with Crippen LogP contribution in [0.15, 0.2) is 36.5 Å². The number of rotatable bonds is 6. The zero-order valence-corrected chi connectivity index (χ0v) is 10.8. The highest BCUT2D eigenvalue weighted by Gasteiger charge is 1.99. The molecule has 0 unspecified atom stereocenters. The molecule has 1 aromatic heterocycles. The number of nitrogens with zero attached hydrogens (tertiary/aromatic N) is 2. The summed E-state index contributed by atoms with van der Waals surface area (Å²) in [7, 11) is 0. The maximum absolute atomic E-state index is 12.7. The summed E-state index contributed by atoms with van der Waals surface area (Å²) in [6.07, 6.45) is 2.43. The molecule has 0 bridgehead atoms. The lowest BCUT2D eigenvalue weighted by atomic mass is 10.1. The van der Waals surface area contributed by atoms with E-state index in [1.165, 1.54) is 12.1 Å². The molecule has 5 heteroatoms. The van der Waals surface area contributed by atoms with E-state index in [0.29, 0.717) is 25.0 Å².